The number of hydrogen-bond acceptors (Lipinski definition) is 4. The molecule has 0 radical (unpaired) electrons. The molecule has 0 amide bonds. The molecule has 2 aromatic carbocycles. The van der Waals surface area contributed by atoms with Crippen LogP contribution in [0.25, 0.3) is 0 Å². The molecular formula is C22H27ClN2O2. The van der Waals surface area contributed by atoms with Gasteiger partial charge in [-0.1, -0.05) is 23.7 Å². The lowest BCUT2D eigenvalue weighted by molar-refractivity contribution is 0.0663. The number of β-amino-alcohol motifs (C(OH)–C–C–N with tert-alkyl or cyclic N) is 1. The fourth-order valence-electron chi connectivity index (χ4n) is 4.04. The number of benzene rings is 2. The van der Waals surface area contributed by atoms with Crippen LogP contribution < -0.4 is 9.64 Å². The molecule has 1 atom stereocenters. The van der Waals surface area contributed by atoms with E-state index in [0.29, 0.717) is 13.2 Å². The highest BCUT2D eigenvalue weighted by atomic mass is 35.5. The number of ether oxygens (including phenoxy) is 1. The number of nitrogens with zero attached hydrogens (tertiary/aromatic N) is 2. The van der Waals surface area contributed by atoms with E-state index in [4.69, 9.17) is 16.3 Å². The van der Waals surface area contributed by atoms with Crippen LogP contribution in [0.5, 0.6) is 5.75 Å². The van der Waals surface area contributed by atoms with E-state index in [1.165, 1.54) is 29.7 Å². The van der Waals surface area contributed by atoms with Crippen molar-refractivity contribution in [1.82, 2.24) is 4.90 Å². The average Bonchev–Trinajstić information content (AvgIpc) is 3.15. The lowest BCUT2D eigenvalue weighted by Gasteiger charge is -2.36. The van der Waals surface area contributed by atoms with Crippen molar-refractivity contribution in [2.45, 2.75) is 25.4 Å². The Labute approximate surface area is 166 Å². The van der Waals surface area contributed by atoms with Crippen LogP contribution in [0, 0.1) is 0 Å². The molecule has 27 heavy (non-hydrogen) atoms. The second-order valence-corrected chi connectivity index (χ2v) is 7.95. The SMILES string of the molecule is O[C@@H](COc1ccc2c(c1)CCC2)CN1CCN(c2cccc(Cl)c2)CC1. The minimum absolute atomic E-state index is 0.341. The zero-order valence-electron chi connectivity index (χ0n) is 15.6. The summed E-state index contributed by atoms with van der Waals surface area (Å²) in [6.45, 7) is 4.74. The molecule has 4 rings (SSSR count). The van der Waals surface area contributed by atoms with Gasteiger partial charge in [-0.15, -0.1) is 0 Å². The molecule has 0 saturated carbocycles. The molecule has 0 bridgehead atoms. The van der Waals surface area contributed by atoms with E-state index in [0.717, 1.165) is 43.4 Å². The zero-order chi connectivity index (χ0) is 18.6. The van der Waals surface area contributed by atoms with Gasteiger partial charge in [-0.2, -0.15) is 0 Å². The standard InChI is InChI=1S/C22H27ClN2O2/c23-19-5-2-6-20(14-19)25-11-9-24(10-12-25)15-21(26)16-27-22-8-7-17-3-1-4-18(17)13-22/h2,5-8,13-14,21,26H,1,3-4,9-12,15-16H2/t21-/m1/s1. The average molecular weight is 387 g/mol. The Balaban J connectivity index is 1.22. The van der Waals surface area contributed by atoms with Crippen LogP contribution in [-0.2, 0) is 12.8 Å². The van der Waals surface area contributed by atoms with Crippen LogP contribution in [0.3, 0.4) is 0 Å². The van der Waals surface area contributed by atoms with Gasteiger partial charge in [-0.25, -0.2) is 0 Å². The van der Waals surface area contributed by atoms with Crippen molar-refractivity contribution in [2.24, 2.45) is 0 Å². The van der Waals surface area contributed by atoms with Gasteiger partial charge in [0.2, 0.25) is 0 Å². The zero-order valence-corrected chi connectivity index (χ0v) is 16.4. The topological polar surface area (TPSA) is 35.9 Å². The van der Waals surface area contributed by atoms with E-state index in [1.54, 1.807) is 0 Å². The smallest absolute Gasteiger partial charge is 0.119 e. The Bertz CT molecular complexity index is 775. The van der Waals surface area contributed by atoms with Crippen molar-refractivity contribution in [3.8, 4) is 5.75 Å². The van der Waals surface area contributed by atoms with Crippen LogP contribution >= 0.6 is 11.6 Å². The van der Waals surface area contributed by atoms with Gasteiger partial charge in [0.15, 0.2) is 0 Å². The normalized spacial score (nSPS) is 18.4. The highest BCUT2D eigenvalue weighted by molar-refractivity contribution is 6.30. The van der Waals surface area contributed by atoms with Crippen LogP contribution in [0.1, 0.15) is 17.5 Å². The van der Waals surface area contributed by atoms with Crippen molar-refractivity contribution >= 4 is 17.3 Å². The van der Waals surface area contributed by atoms with Gasteiger partial charge in [-0.3, -0.25) is 4.90 Å². The maximum absolute atomic E-state index is 10.4. The quantitative estimate of drug-likeness (QED) is 0.825. The van der Waals surface area contributed by atoms with E-state index < -0.39 is 6.10 Å². The minimum atomic E-state index is -0.476. The molecule has 0 unspecified atom stereocenters. The summed E-state index contributed by atoms with van der Waals surface area (Å²) in [7, 11) is 0. The van der Waals surface area contributed by atoms with E-state index >= 15 is 0 Å². The summed E-state index contributed by atoms with van der Waals surface area (Å²) < 4.78 is 5.84. The first-order chi connectivity index (χ1) is 13.2. The Morgan fingerprint density at radius 1 is 1.00 bits per heavy atom. The molecule has 1 heterocycles. The summed E-state index contributed by atoms with van der Waals surface area (Å²) in [5.41, 5.74) is 4.02. The first-order valence-corrected chi connectivity index (χ1v) is 10.2. The second-order valence-electron chi connectivity index (χ2n) is 7.52. The van der Waals surface area contributed by atoms with E-state index in [-0.39, 0.29) is 0 Å². The van der Waals surface area contributed by atoms with Crippen molar-refractivity contribution in [1.29, 1.82) is 0 Å². The molecule has 1 aliphatic heterocycles. The van der Waals surface area contributed by atoms with Crippen LogP contribution in [0.2, 0.25) is 5.02 Å². The van der Waals surface area contributed by atoms with Gasteiger partial charge in [0, 0.05) is 43.4 Å². The van der Waals surface area contributed by atoms with Crippen molar-refractivity contribution in [2.75, 3.05) is 44.2 Å². The first kappa shape index (κ1) is 18.6. The third-order valence-electron chi connectivity index (χ3n) is 5.53. The molecule has 1 aliphatic carbocycles. The lowest BCUT2D eigenvalue weighted by atomic mass is 10.1. The number of halogens is 1. The molecule has 1 fully saturated rings. The Morgan fingerprint density at radius 3 is 2.63 bits per heavy atom. The van der Waals surface area contributed by atoms with Crippen molar-refractivity contribution in [3.63, 3.8) is 0 Å². The minimum Gasteiger partial charge on any atom is -0.491 e. The third kappa shape index (κ3) is 4.75. The van der Waals surface area contributed by atoms with Gasteiger partial charge in [0.1, 0.15) is 18.5 Å². The summed E-state index contributed by atoms with van der Waals surface area (Å²) in [5, 5.41) is 11.2. The van der Waals surface area contributed by atoms with E-state index in [1.807, 2.05) is 24.3 Å². The predicted octanol–water partition coefficient (Wildman–Crippen LogP) is 3.39. The summed E-state index contributed by atoms with van der Waals surface area (Å²) in [6, 6.07) is 14.3. The Hall–Kier alpha value is -1.75. The molecule has 1 N–H and O–H groups in total. The Morgan fingerprint density at radius 2 is 1.81 bits per heavy atom. The van der Waals surface area contributed by atoms with Gasteiger partial charge in [0.25, 0.3) is 0 Å². The van der Waals surface area contributed by atoms with E-state index in [9.17, 15) is 5.11 Å². The predicted molar refractivity (Wildman–Crippen MR) is 110 cm³/mol. The van der Waals surface area contributed by atoms with Crippen molar-refractivity contribution < 1.29 is 9.84 Å². The molecule has 1 saturated heterocycles. The van der Waals surface area contributed by atoms with Gasteiger partial charge in [-0.05, 0) is 60.7 Å². The van der Waals surface area contributed by atoms with Crippen molar-refractivity contribution in [3.05, 3.63) is 58.6 Å². The Kier molecular flexibility index (Phi) is 5.86. The fraction of sp³-hybridized carbons (Fsp3) is 0.455. The summed E-state index contributed by atoms with van der Waals surface area (Å²) in [4.78, 5) is 4.65. The second kappa shape index (κ2) is 8.51. The molecular weight excluding hydrogens is 360 g/mol. The maximum atomic E-state index is 10.4. The maximum Gasteiger partial charge on any atom is 0.119 e. The highest BCUT2D eigenvalue weighted by Crippen LogP contribution is 2.26. The fourth-order valence-corrected chi connectivity index (χ4v) is 4.23. The third-order valence-corrected chi connectivity index (χ3v) is 5.76. The number of aryl methyl sites for hydroxylation is 2. The molecule has 2 aliphatic rings. The molecule has 0 spiro atoms. The first-order valence-electron chi connectivity index (χ1n) is 9.83. The molecule has 4 nitrogen and oxygen atoms in total. The van der Waals surface area contributed by atoms with Crippen LogP contribution in [0.4, 0.5) is 5.69 Å². The summed E-state index contributed by atoms with van der Waals surface area (Å²) >= 11 is 6.09. The number of fused-ring (bicyclic) bond motifs is 1. The summed E-state index contributed by atoms with van der Waals surface area (Å²) in [5.74, 6) is 0.875. The monoisotopic (exact) mass is 386 g/mol. The number of piperazine rings is 1. The van der Waals surface area contributed by atoms with Gasteiger partial charge in [0.05, 0.1) is 0 Å². The van der Waals surface area contributed by atoms with Crippen LogP contribution in [-0.4, -0.2) is 55.4 Å². The number of aliphatic hydroxyl groups is 1. The molecule has 0 aromatic heterocycles. The highest BCUT2D eigenvalue weighted by Gasteiger charge is 2.20. The number of anilines is 1. The van der Waals surface area contributed by atoms with Crippen LogP contribution in [0.15, 0.2) is 42.5 Å². The number of aliphatic hydroxyl groups excluding tert-OH is 1. The summed E-state index contributed by atoms with van der Waals surface area (Å²) in [6.07, 6.45) is 3.09. The van der Waals surface area contributed by atoms with Gasteiger partial charge >= 0.3 is 0 Å². The van der Waals surface area contributed by atoms with E-state index in [2.05, 4.69) is 28.0 Å². The lowest BCUT2D eigenvalue weighted by Crippen LogP contribution is -2.49. The number of rotatable bonds is 6. The largest absolute Gasteiger partial charge is 0.491 e. The molecule has 144 valence electrons. The molecule has 5 heteroatoms. The number of hydrogen-bond donors (Lipinski definition) is 1. The molecule has 2 aromatic rings. The van der Waals surface area contributed by atoms with Gasteiger partial charge < -0.3 is 14.7 Å².